The molecule has 7 rings (SSSR count). The van der Waals surface area contributed by atoms with Crippen molar-refractivity contribution < 1.29 is 28.5 Å². The van der Waals surface area contributed by atoms with Crippen LogP contribution in [0, 0.1) is 0 Å². The summed E-state index contributed by atoms with van der Waals surface area (Å²) >= 11 is 0. The molecule has 3 aromatic heterocycles. The Kier molecular flexibility index (Phi) is 9.16. The fourth-order valence-electron chi connectivity index (χ4n) is 5.68. The lowest BCUT2D eigenvalue weighted by Gasteiger charge is -2.31. The molecule has 0 amide bonds. The molecule has 0 saturated heterocycles. The average molecular weight is 664 g/mol. The maximum atomic E-state index is 11.6. The van der Waals surface area contributed by atoms with Gasteiger partial charge in [-0.2, -0.15) is 0 Å². The summed E-state index contributed by atoms with van der Waals surface area (Å²) in [5.41, 5.74) is 3.72. The molecule has 0 bridgehead atoms. The van der Waals surface area contributed by atoms with Crippen LogP contribution >= 0.6 is 0 Å². The average Bonchev–Trinajstić information content (AvgIpc) is 3.91. The van der Waals surface area contributed by atoms with Gasteiger partial charge in [0, 0.05) is 19.4 Å². The van der Waals surface area contributed by atoms with Crippen LogP contribution in [0.2, 0.25) is 0 Å². The molecule has 5 aromatic rings. The van der Waals surface area contributed by atoms with Gasteiger partial charge in [-0.3, -0.25) is 9.59 Å². The molecule has 15 nitrogen and oxygen atoms in total. The molecule has 0 N–H and O–H groups in total. The van der Waals surface area contributed by atoms with E-state index in [9.17, 15) is 9.59 Å². The molecule has 2 aliphatic rings. The van der Waals surface area contributed by atoms with E-state index in [1.807, 2.05) is 85.2 Å². The molecule has 49 heavy (non-hydrogen) atoms. The quantitative estimate of drug-likeness (QED) is 0.158. The van der Waals surface area contributed by atoms with E-state index < -0.39 is 42.5 Å². The zero-order valence-corrected chi connectivity index (χ0v) is 26.7. The summed E-state index contributed by atoms with van der Waals surface area (Å²) in [6, 6.07) is 19.2. The van der Waals surface area contributed by atoms with Gasteiger partial charge < -0.3 is 18.9 Å². The monoisotopic (exact) mass is 663 g/mol. The first-order valence-corrected chi connectivity index (χ1v) is 15.7. The first-order valence-electron chi connectivity index (χ1n) is 15.7. The third-order valence-corrected chi connectivity index (χ3v) is 7.99. The lowest BCUT2D eigenvalue weighted by Crippen LogP contribution is -2.39. The largest absolute Gasteiger partial charge is 0.463 e. The third-order valence-electron chi connectivity index (χ3n) is 7.99. The van der Waals surface area contributed by atoms with Gasteiger partial charge in [0.1, 0.15) is 54.1 Å². The Bertz CT molecular complexity index is 1950. The number of nitrogens with zero attached hydrogens (tertiary/aromatic N) is 9. The van der Waals surface area contributed by atoms with Gasteiger partial charge in [-0.15, -0.1) is 15.3 Å². The van der Waals surface area contributed by atoms with Crippen LogP contribution in [0.4, 0.5) is 0 Å². The highest BCUT2D eigenvalue weighted by Gasteiger charge is 2.35. The maximum Gasteiger partial charge on any atom is 0.303 e. The van der Waals surface area contributed by atoms with Gasteiger partial charge in [0.15, 0.2) is 0 Å². The van der Waals surface area contributed by atoms with Crippen molar-refractivity contribution in [2.45, 2.75) is 57.0 Å². The Balaban J connectivity index is 1.11. The topological polar surface area (TPSA) is 163 Å². The maximum absolute atomic E-state index is 11.6. The highest BCUT2D eigenvalue weighted by Crippen LogP contribution is 2.36. The number of aromatic nitrogens is 9. The van der Waals surface area contributed by atoms with Crippen LogP contribution in [0.5, 0.6) is 0 Å². The number of benzene rings is 2. The van der Waals surface area contributed by atoms with E-state index in [1.165, 1.54) is 13.8 Å². The Morgan fingerprint density at radius 1 is 0.776 bits per heavy atom. The van der Waals surface area contributed by atoms with Gasteiger partial charge >= 0.3 is 11.9 Å². The number of esters is 2. The summed E-state index contributed by atoms with van der Waals surface area (Å²) in [5.74, 6) is -0.939. The molecule has 0 radical (unpaired) electrons. The van der Waals surface area contributed by atoms with Gasteiger partial charge in [-0.25, -0.2) is 14.0 Å². The lowest BCUT2D eigenvalue weighted by molar-refractivity contribution is -0.163. The molecule has 0 spiro atoms. The molecule has 0 saturated carbocycles. The normalized spacial score (nSPS) is 23.3. The molecule has 0 unspecified atom stereocenters. The minimum atomic E-state index is -0.709. The van der Waals surface area contributed by atoms with Gasteiger partial charge in [0.05, 0.1) is 36.9 Å². The number of rotatable bonds is 10. The summed E-state index contributed by atoms with van der Waals surface area (Å²) < 4.78 is 28.4. The Morgan fingerprint density at radius 3 is 2.33 bits per heavy atom. The van der Waals surface area contributed by atoms with Gasteiger partial charge in [0.2, 0.25) is 0 Å². The van der Waals surface area contributed by atoms with Crippen LogP contribution in [-0.2, 0) is 35.1 Å². The van der Waals surface area contributed by atoms with Crippen molar-refractivity contribution in [2.24, 2.45) is 0 Å². The number of carbonyl (C=O) groups excluding carboxylic acids is 2. The first kappa shape index (κ1) is 31.8. The Morgan fingerprint density at radius 2 is 1.55 bits per heavy atom. The summed E-state index contributed by atoms with van der Waals surface area (Å²) in [4.78, 5) is 23.0. The van der Waals surface area contributed by atoms with Gasteiger partial charge in [0.25, 0.3) is 0 Å². The predicted molar refractivity (Wildman–Crippen MR) is 172 cm³/mol. The number of para-hydroxylation sites is 1. The van der Waals surface area contributed by atoms with Crippen molar-refractivity contribution in [3.63, 3.8) is 0 Å². The van der Waals surface area contributed by atoms with Crippen molar-refractivity contribution in [3.8, 4) is 16.9 Å². The van der Waals surface area contributed by atoms with Gasteiger partial charge in [-0.1, -0.05) is 76.3 Å². The molecular formula is C34H33N9O6. The second-order valence-corrected chi connectivity index (χ2v) is 11.6. The summed E-state index contributed by atoms with van der Waals surface area (Å²) in [6.45, 7) is 2.87. The number of hydrogen-bond donors (Lipinski definition) is 0. The van der Waals surface area contributed by atoms with Crippen molar-refractivity contribution in [1.82, 2.24) is 45.0 Å². The molecule has 0 aliphatic carbocycles. The van der Waals surface area contributed by atoms with E-state index in [0.717, 1.165) is 16.9 Å². The highest BCUT2D eigenvalue weighted by atomic mass is 16.6. The Labute approximate surface area is 280 Å². The minimum Gasteiger partial charge on any atom is -0.463 e. The predicted octanol–water partition coefficient (Wildman–Crippen LogP) is 3.55. The van der Waals surface area contributed by atoms with Crippen molar-refractivity contribution in [3.05, 3.63) is 115 Å². The zero-order valence-electron chi connectivity index (χ0n) is 26.7. The smallest absolute Gasteiger partial charge is 0.303 e. The second-order valence-electron chi connectivity index (χ2n) is 11.6. The SMILES string of the molecule is CC(=O)OC[C@H]1O[C@H](c2cn(C[C@@H]3C=C[C@@H](n4cc(-c5ccccc5)nn4)[C@@H](c4cn(-c5ccccc5)nn4)O3)nn2)C=C[C@@H]1OC(C)=O. The molecule has 6 atom stereocenters. The molecular weight excluding hydrogens is 630 g/mol. The fourth-order valence-corrected chi connectivity index (χ4v) is 5.68. The summed E-state index contributed by atoms with van der Waals surface area (Å²) in [6.07, 6.45) is 9.98. The van der Waals surface area contributed by atoms with Crippen LogP contribution < -0.4 is 0 Å². The lowest BCUT2D eigenvalue weighted by atomic mass is 10.0. The van der Waals surface area contributed by atoms with Crippen LogP contribution in [0.3, 0.4) is 0 Å². The molecule has 2 aliphatic heterocycles. The van der Waals surface area contributed by atoms with Crippen molar-refractivity contribution >= 4 is 11.9 Å². The van der Waals surface area contributed by atoms with Crippen LogP contribution in [0.1, 0.15) is 43.5 Å². The molecule has 0 fully saturated rings. The van der Waals surface area contributed by atoms with E-state index >= 15 is 0 Å². The molecule has 250 valence electrons. The van der Waals surface area contributed by atoms with E-state index in [1.54, 1.807) is 32.4 Å². The van der Waals surface area contributed by atoms with Crippen molar-refractivity contribution in [2.75, 3.05) is 6.61 Å². The number of carbonyl (C=O) groups is 2. The highest BCUT2D eigenvalue weighted by molar-refractivity contribution is 5.67. The van der Waals surface area contributed by atoms with E-state index in [-0.39, 0.29) is 12.6 Å². The van der Waals surface area contributed by atoms with Crippen LogP contribution in [0.25, 0.3) is 16.9 Å². The first-order chi connectivity index (χ1) is 23.9. The van der Waals surface area contributed by atoms with E-state index in [0.29, 0.717) is 17.9 Å². The minimum absolute atomic E-state index is 0.0843. The van der Waals surface area contributed by atoms with E-state index in [2.05, 4.69) is 30.9 Å². The standard InChI is InChI=1S/C34H33N9O6/c1-22(44)46-21-33-32(47-23(2)45)16-15-31(49-33)28-18-41(38-36-28)17-26-13-14-30(43-19-27(35-40-43)24-9-5-3-6-10-24)34(48-26)29-20-42(39-37-29)25-11-7-4-8-12-25/h3-16,18-20,26,30-34H,17,21H2,1-2H3/t26-,30+,31-,32-,33+,34+/m0/s1. The fraction of sp³-hybridized carbons (Fsp3) is 0.294. The molecule has 2 aromatic carbocycles. The van der Waals surface area contributed by atoms with Crippen LogP contribution in [0.15, 0.2) is 104 Å². The van der Waals surface area contributed by atoms with Crippen molar-refractivity contribution in [1.29, 1.82) is 0 Å². The Hall–Kier alpha value is -5.80. The summed E-state index contributed by atoms with van der Waals surface area (Å²) in [5, 5.41) is 26.4. The number of ether oxygens (including phenoxy) is 4. The number of hydrogen-bond acceptors (Lipinski definition) is 12. The van der Waals surface area contributed by atoms with Gasteiger partial charge in [-0.05, 0) is 24.3 Å². The van der Waals surface area contributed by atoms with Crippen LogP contribution in [-0.4, -0.2) is 81.8 Å². The molecule has 15 heteroatoms. The molecule has 5 heterocycles. The van der Waals surface area contributed by atoms with E-state index in [4.69, 9.17) is 18.9 Å². The second kappa shape index (κ2) is 14.1. The third kappa shape index (κ3) is 7.37. The zero-order chi connectivity index (χ0) is 33.7. The summed E-state index contributed by atoms with van der Waals surface area (Å²) in [7, 11) is 0.